The SMILES string of the molecule is CCn1c(C)cc(C(=O)OCC(=O)N2CCN(c3ccc(OC)cc3)CC2)c1C. The first-order valence-corrected chi connectivity index (χ1v) is 9.95. The molecule has 1 aliphatic heterocycles. The van der Waals surface area contributed by atoms with Crippen LogP contribution < -0.4 is 9.64 Å². The number of rotatable bonds is 6. The minimum absolute atomic E-state index is 0.156. The number of piperazine rings is 1. The van der Waals surface area contributed by atoms with Gasteiger partial charge in [0.1, 0.15) is 5.75 Å². The Morgan fingerprint density at radius 2 is 1.69 bits per heavy atom. The Balaban J connectivity index is 1.50. The Bertz CT molecular complexity index is 865. The minimum Gasteiger partial charge on any atom is -0.497 e. The standard InChI is InChI=1S/C22H29N3O4/c1-5-25-16(2)14-20(17(25)3)22(27)29-15-21(26)24-12-10-23(11-13-24)18-6-8-19(28-4)9-7-18/h6-9,14H,5,10-13,15H2,1-4H3. The number of hydrogen-bond donors (Lipinski definition) is 0. The molecule has 1 saturated heterocycles. The second-order valence-corrected chi connectivity index (χ2v) is 7.17. The van der Waals surface area contributed by atoms with Gasteiger partial charge in [0.25, 0.3) is 5.91 Å². The van der Waals surface area contributed by atoms with Crippen molar-refractivity contribution < 1.29 is 19.1 Å². The molecule has 156 valence electrons. The predicted octanol–water partition coefficient (Wildman–Crippen LogP) is 2.64. The lowest BCUT2D eigenvalue weighted by Gasteiger charge is -2.36. The second kappa shape index (κ2) is 9.03. The maximum absolute atomic E-state index is 12.5. The molecule has 1 aromatic carbocycles. The summed E-state index contributed by atoms with van der Waals surface area (Å²) in [6.45, 7) is 9.14. The third kappa shape index (κ3) is 4.55. The zero-order valence-electron chi connectivity index (χ0n) is 17.6. The first kappa shape index (κ1) is 20.8. The number of aryl methyl sites for hydroxylation is 1. The van der Waals surface area contributed by atoms with Crippen LogP contribution in [0.3, 0.4) is 0 Å². The van der Waals surface area contributed by atoms with Gasteiger partial charge in [-0.05, 0) is 51.1 Å². The zero-order chi connectivity index (χ0) is 21.0. The van der Waals surface area contributed by atoms with E-state index in [4.69, 9.17) is 9.47 Å². The van der Waals surface area contributed by atoms with Crippen molar-refractivity contribution in [3.63, 3.8) is 0 Å². The van der Waals surface area contributed by atoms with Gasteiger partial charge in [-0.1, -0.05) is 0 Å². The van der Waals surface area contributed by atoms with E-state index < -0.39 is 5.97 Å². The lowest BCUT2D eigenvalue weighted by atomic mass is 10.2. The fourth-order valence-electron chi connectivity index (χ4n) is 3.80. The molecule has 0 saturated carbocycles. The summed E-state index contributed by atoms with van der Waals surface area (Å²) in [5, 5.41) is 0. The second-order valence-electron chi connectivity index (χ2n) is 7.17. The molecule has 3 rings (SSSR count). The van der Waals surface area contributed by atoms with Crippen LogP contribution in [0, 0.1) is 13.8 Å². The summed E-state index contributed by atoms with van der Waals surface area (Å²) >= 11 is 0. The van der Waals surface area contributed by atoms with Crippen LogP contribution in [0.2, 0.25) is 0 Å². The van der Waals surface area contributed by atoms with Crippen molar-refractivity contribution in [1.29, 1.82) is 0 Å². The normalized spacial score (nSPS) is 14.1. The van der Waals surface area contributed by atoms with Crippen molar-refractivity contribution in [3.05, 3.63) is 47.3 Å². The van der Waals surface area contributed by atoms with Gasteiger partial charge < -0.3 is 23.8 Å². The number of esters is 1. The number of ether oxygens (including phenoxy) is 2. The smallest absolute Gasteiger partial charge is 0.340 e. The van der Waals surface area contributed by atoms with E-state index in [2.05, 4.69) is 9.47 Å². The Hall–Kier alpha value is -2.96. The molecule has 2 heterocycles. The summed E-state index contributed by atoms with van der Waals surface area (Å²) in [6.07, 6.45) is 0. The molecule has 1 amide bonds. The molecule has 0 bridgehead atoms. The Morgan fingerprint density at radius 1 is 1.03 bits per heavy atom. The van der Waals surface area contributed by atoms with Crippen molar-refractivity contribution in [2.45, 2.75) is 27.3 Å². The van der Waals surface area contributed by atoms with Crippen LogP contribution in [0.5, 0.6) is 5.75 Å². The molecule has 0 spiro atoms. The molecule has 2 aromatic rings. The van der Waals surface area contributed by atoms with Gasteiger partial charge in [0.05, 0.1) is 12.7 Å². The van der Waals surface area contributed by atoms with Crippen LogP contribution in [-0.2, 0) is 16.1 Å². The molecule has 7 heteroatoms. The average Bonchev–Trinajstić information content (AvgIpc) is 3.05. The Labute approximate surface area is 171 Å². The lowest BCUT2D eigenvalue weighted by molar-refractivity contribution is -0.134. The topological polar surface area (TPSA) is 64.0 Å². The number of anilines is 1. The number of hydrogen-bond acceptors (Lipinski definition) is 5. The average molecular weight is 399 g/mol. The van der Waals surface area contributed by atoms with Gasteiger partial charge >= 0.3 is 5.97 Å². The Kier molecular flexibility index (Phi) is 6.46. The van der Waals surface area contributed by atoms with Gasteiger partial charge in [-0.25, -0.2) is 4.79 Å². The monoisotopic (exact) mass is 399 g/mol. The van der Waals surface area contributed by atoms with E-state index in [9.17, 15) is 9.59 Å². The van der Waals surface area contributed by atoms with Gasteiger partial charge in [-0.2, -0.15) is 0 Å². The molecule has 0 radical (unpaired) electrons. The molecule has 0 atom stereocenters. The van der Waals surface area contributed by atoms with Crippen molar-refractivity contribution in [3.8, 4) is 5.75 Å². The maximum atomic E-state index is 12.5. The number of carbonyl (C=O) groups excluding carboxylic acids is 2. The molecule has 7 nitrogen and oxygen atoms in total. The fraction of sp³-hybridized carbons (Fsp3) is 0.455. The highest BCUT2D eigenvalue weighted by Crippen LogP contribution is 2.21. The number of benzene rings is 1. The first-order chi connectivity index (χ1) is 13.9. The van der Waals surface area contributed by atoms with Crippen molar-refractivity contribution in [2.24, 2.45) is 0 Å². The number of nitrogens with zero attached hydrogens (tertiary/aromatic N) is 3. The highest BCUT2D eigenvalue weighted by Gasteiger charge is 2.23. The molecule has 1 aromatic heterocycles. The molecular formula is C22H29N3O4. The fourth-order valence-corrected chi connectivity index (χ4v) is 3.80. The van der Waals surface area contributed by atoms with Crippen LogP contribution in [0.25, 0.3) is 0 Å². The molecular weight excluding hydrogens is 370 g/mol. The van der Waals surface area contributed by atoms with E-state index in [1.807, 2.05) is 51.1 Å². The van der Waals surface area contributed by atoms with E-state index >= 15 is 0 Å². The van der Waals surface area contributed by atoms with Crippen molar-refractivity contribution in [1.82, 2.24) is 9.47 Å². The van der Waals surface area contributed by atoms with E-state index in [0.29, 0.717) is 18.7 Å². The van der Waals surface area contributed by atoms with Crippen LogP contribution in [0.1, 0.15) is 28.7 Å². The molecule has 0 aliphatic carbocycles. The van der Waals surface area contributed by atoms with Crippen LogP contribution in [0.4, 0.5) is 5.69 Å². The first-order valence-electron chi connectivity index (χ1n) is 9.95. The van der Waals surface area contributed by atoms with E-state index in [-0.39, 0.29) is 12.5 Å². The highest BCUT2D eigenvalue weighted by molar-refractivity contribution is 5.92. The van der Waals surface area contributed by atoms with Gasteiger partial charge in [-0.15, -0.1) is 0 Å². The molecule has 0 unspecified atom stereocenters. The summed E-state index contributed by atoms with van der Waals surface area (Å²) in [6, 6.07) is 9.72. The predicted molar refractivity (Wildman–Crippen MR) is 112 cm³/mol. The largest absolute Gasteiger partial charge is 0.497 e. The summed E-state index contributed by atoms with van der Waals surface area (Å²) in [5.41, 5.74) is 3.52. The number of carbonyl (C=O) groups is 2. The summed E-state index contributed by atoms with van der Waals surface area (Å²) in [5.74, 6) is 0.226. The number of amides is 1. The molecule has 0 N–H and O–H groups in total. The van der Waals surface area contributed by atoms with Crippen LogP contribution in [0.15, 0.2) is 30.3 Å². The van der Waals surface area contributed by atoms with Crippen LogP contribution in [-0.4, -0.2) is 61.2 Å². The van der Waals surface area contributed by atoms with Crippen LogP contribution >= 0.6 is 0 Å². The zero-order valence-corrected chi connectivity index (χ0v) is 17.6. The van der Waals surface area contributed by atoms with Crippen molar-refractivity contribution in [2.75, 3.05) is 44.8 Å². The Morgan fingerprint density at radius 3 is 2.24 bits per heavy atom. The molecule has 1 fully saturated rings. The number of methoxy groups -OCH3 is 1. The summed E-state index contributed by atoms with van der Waals surface area (Å²) < 4.78 is 12.5. The maximum Gasteiger partial charge on any atom is 0.340 e. The van der Waals surface area contributed by atoms with Gasteiger partial charge in [-0.3, -0.25) is 4.79 Å². The molecule has 29 heavy (non-hydrogen) atoms. The quantitative estimate of drug-likeness (QED) is 0.699. The van der Waals surface area contributed by atoms with E-state index in [1.54, 1.807) is 12.0 Å². The van der Waals surface area contributed by atoms with Gasteiger partial charge in [0.2, 0.25) is 0 Å². The van der Waals surface area contributed by atoms with E-state index in [1.165, 1.54) is 0 Å². The van der Waals surface area contributed by atoms with E-state index in [0.717, 1.165) is 42.5 Å². The molecule has 1 aliphatic rings. The summed E-state index contributed by atoms with van der Waals surface area (Å²) in [7, 11) is 1.65. The third-order valence-corrected chi connectivity index (χ3v) is 5.51. The minimum atomic E-state index is -0.442. The van der Waals surface area contributed by atoms with Gasteiger partial charge in [0, 0.05) is 49.8 Å². The third-order valence-electron chi connectivity index (χ3n) is 5.51. The summed E-state index contributed by atoms with van der Waals surface area (Å²) in [4.78, 5) is 28.9. The lowest BCUT2D eigenvalue weighted by Crippen LogP contribution is -2.49. The van der Waals surface area contributed by atoms with Crippen molar-refractivity contribution >= 4 is 17.6 Å². The highest BCUT2D eigenvalue weighted by atomic mass is 16.5. The van der Waals surface area contributed by atoms with Gasteiger partial charge in [0.15, 0.2) is 6.61 Å². The number of aromatic nitrogens is 1.